The molecule has 0 saturated carbocycles. The van der Waals surface area contributed by atoms with Crippen LogP contribution in [0.4, 0.5) is 0 Å². The Morgan fingerprint density at radius 1 is 1.16 bits per heavy atom. The van der Waals surface area contributed by atoms with Crippen LogP contribution < -0.4 is 10.1 Å². The van der Waals surface area contributed by atoms with E-state index >= 15 is 0 Å². The number of carbonyl (C=O) groups is 1. The van der Waals surface area contributed by atoms with Crippen LogP contribution in [0.1, 0.15) is 21.5 Å². The molecule has 2 aromatic carbocycles. The zero-order chi connectivity index (χ0) is 17.4. The number of benzene rings is 2. The summed E-state index contributed by atoms with van der Waals surface area (Å²) >= 11 is 0. The second kappa shape index (κ2) is 6.09. The smallest absolute Gasteiger partial charge is 0.251 e. The number of hydrogen-bond donors (Lipinski definition) is 1. The number of ether oxygens (including phenoxy) is 1. The molecule has 25 heavy (non-hydrogen) atoms. The Kier molecular flexibility index (Phi) is 3.76. The zero-order valence-electron chi connectivity index (χ0n) is 14.2. The van der Waals surface area contributed by atoms with Crippen LogP contribution >= 0.6 is 0 Å². The molecule has 4 rings (SSSR count). The third-order valence-electron chi connectivity index (χ3n) is 4.61. The van der Waals surface area contributed by atoms with Crippen LogP contribution in [-0.4, -0.2) is 29.1 Å². The average molecular weight is 333 g/mol. The molecule has 0 fully saturated rings. The van der Waals surface area contributed by atoms with Crippen LogP contribution in [0.25, 0.3) is 17.1 Å². The summed E-state index contributed by atoms with van der Waals surface area (Å²) in [4.78, 5) is 16.7. The quantitative estimate of drug-likeness (QED) is 0.801. The Hall–Kier alpha value is -3.08. The summed E-state index contributed by atoms with van der Waals surface area (Å²) in [5, 5.41) is 2.90. The SMILES string of the molecule is COc1ccc(-c2nccn2-c2ccc3c(c2)C(=O)NCC3)c(C)c1. The maximum Gasteiger partial charge on any atom is 0.251 e. The third-order valence-corrected chi connectivity index (χ3v) is 4.61. The summed E-state index contributed by atoms with van der Waals surface area (Å²) in [7, 11) is 1.66. The van der Waals surface area contributed by atoms with Crippen molar-refractivity contribution in [3.8, 4) is 22.8 Å². The number of rotatable bonds is 3. The number of methoxy groups -OCH3 is 1. The molecule has 5 heteroatoms. The zero-order valence-corrected chi connectivity index (χ0v) is 14.2. The van der Waals surface area contributed by atoms with Crippen molar-refractivity contribution < 1.29 is 9.53 Å². The van der Waals surface area contributed by atoms with E-state index in [0.717, 1.165) is 45.9 Å². The van der Waals surface area contributed by atoms with Crippen LogP contribution in [0.2, 0.25) is 0 Å². The van der Waals surface area contributed by atoms with Crippen molar-refractivity contribution in [2.75, 3.05) is 13.7 Å². The van der Waals surface area contributed by atoms with Gasteiger partial charge in [-0.05, 0) is 54.8 Å². The van der Waals surface area contributed by atoms with Gasteiger partial charge in [0.25, 0.3) is 5.91 Å². The van der Waals surface area contributed by atoms with Gasteiger partial charge < -0.3 is 10.1 Å². The first kappa shape index (κ1) is 15.4. The van der Waals surface area contributed by atoms with Crippen LogP contribution in [0, 0.1) is 6.92 Å². The van der Waals surface area contributed by atoms with Gasteiger partial charge in [0, 0.05) is 35.8 Å². The van der Waals surface area contributed by atoms with Crippen molar-refractivity contribution in [3.05, 3.63) is 65.5 Å². The van der Waals surface area contributed by atoms with Gasteiger partial charge in [-0.1, -0.05) is 6.07 Å². The van der Waals surface area contributed by atoms with E-state index in [4.69, 9.17) is 4.74 Å². The molecule has 3 aromatic rings. The summed E-state index contributed by atoms with van der Waals surface area (Å²) in [6.45, 7) is 2.74. The molecule has 1 aromatic heterocycles. The number of nitrogens with zero attached hydrogens (tertiary/aromatic N) is 2. The molecule has 1 aliphatic rings. The van der Waals surface area contributed by atoms with Crippen molar-refractivity contribution in [3.63, 3.8) is 0 Å². The summed E-state index contributed by atoms with van der Waals surface area (Å²) in [5.74, 6) is 1.66. The van der Waals surface area contributed by atoms with Crippen LogP contribution in [0.3, 0.4) is 0 Å². The summed E-state index contributed by atoms with van der Waals surface area (Å²) < 4.78 is 7.30. The maximum atomic E-state index is 12.1. The standard InChI is InChI=1S/C20H19N3O2/c1-13-11-16(25-2)5-6-17(13)19-21-9-10-23(19)15-4-3-14-7-8-22-20(24)18(14)12-15/h3-6,9-12H,7-8H2,1-2H3,(H,22,24). The van der Waals surface area contributed by atoms with Crippen molar-refractivity contribution >= 4 is 5.91 Å². The molecule has 0 bridgehead atoms. The van der Waals surface area contributed by atoms with Gasteiger partial charge in [-0.15, -0.1) is 0 Å². The molecule has 1 N–H and O–H groups in total. The lowest BCUT2D eigenvalue weighted by Crippen LogP contribution is -2.31. The highest BCUT2D eigenvalue weighted by molar-refractivity contribution is 5.97. The Labute approximate surface area is 146 Å². The molecular formula is C20H19N3O2. The minimum atomic E-state index is -0.00890. The third kappa shape index (κ3) is 2.67. The molecule has 0 aliphatic carbocycles. The number of aromatic nitrogens is 2. The number of carbonyl (C=O) groups excluding carboxylic acids is 1. The van der Waals surface area contributed by atoms with Crippen molar-refractivity contribution in [1.29, 1.82) is 0 Å². The molecule has 1 aliphatic heterocycles. The first-order valence-electron chi connectivity index (χ1n) is 8.27. The molecule has 1 amide bonds. The first-order valence-corrected chi connectivity index (χ1v) is 8.27. The van der Waals surface area contributed by atoms with E-state index < -0.39 is 0 Å². The van der Waals surface area contributed by atoms with Crippen molar-refractivity contribution in [2.24, 2.45) is 0 Å². The molecule has 126 valence electrons. The van der Waals surface area contributed by atoms with Gasteiger partial charge in [-0.2, -0.15) is 0 Å². The van der Waals surface area contributed by atoms with Gasteiger partial charge in [0.2, 0.25) is 0 Å². The summed E-state index contributed by atoms with van der Waals surface area (Å²) in [6, 6.07) is 12.0. The number of imidazole rings is 1. The van der Waals surface area contributed by atoms with Gasteiger partial charge in [0.15, 0.2) is 0 Å². The highest BCUT2D eigenvalue weighted by Gasteiger charge is 2.18. The number of amides is 1. The lowest BCUT2D eigenvalue weighted by molar-refractivity contribution is 0.0946. The average Bonchev–Trinajstić information content (AvgIpc) is 3.11. The number of fused-ring (bicyclic) bond motifs is 1. The van der Waals surface area contributed by atoms with Crippen molar-refractivity contribution in [2.45, 2.75) is 13.3 Å². The normalized spacial score (nSPS) is 13.3. The Bertz CT molecular complexity index is 959. The second-order valence-electron chi connectivity index (χ2n) is 6.15. The van der Waals surface area contributed by atoms with E-state index in [2.05, 4.69) is 10.3 Å². The molecule has 0 radical (unpaired) electrons. The minimum absolute atomic E-state index is 0.00890. The monoisotopic (exact) mass is 333 g/mol. The number of aryl methyl sites for hydroxylation is 1. The molecule has 0 unspecified atom stereocenters. The topological polar surface area (TPSA) is 56.2 Å². The van der Waals surface area contributed by atoms with E-state index in [9.17, 15) is 4.79 Å². The maximum absolute atomic E-state index is 12.1. The molecule has 0 atom stereocenters. The summed E-state index contributed by atoms with van der Waals surface area (Å²) in [5.41, 5.74) is 4.89. The lowest BCUT2D eigenvalue weighted by Gasteiger charge is -2.18. The molecular weight excluding hydrogens is 314 g/mol. The fourth-order valence-electron chi connectivity index (χ4n) is 3.27. The molecule has 0 spiro atoms. The Morgan fingerprint density at radius 3 is 2.84 bits per heavy atom. The van der Waals surface area contributed by atoms with E-state index in [-0.39, 0.29) is 5.91 Å². The Morgan fingerprint density at radius 2 is 2.04 bits per heavy atom. The fraction of sp³-hybridized carbons (Fsp3) is 0.200. The highest BCUT2D eigenvalue weighted by Crippen LogP contribution is 2.28. The van der Waals surface area contributed by atoms with Crippen LogP contribution in [0.5, 0.6) is 5.75 Å². The van der Waals surface area contributed by atoms with E-state index in [0.29, 0.717) is 6.54 Å². The Balaban J connectivity index is 1.80. The van der Waals surface area contributed by atoms with Gasteiger partial charge in [-0.25, -0.2) is 4.98 Å². The highest BCUT2D eigenvalue weighted by atomic mass is 16.5. The van der Waals surface area contributed by atoms with Gasteiger partial charge in [0.1, 0.15) is 11.6 Å². The first-order chi connectivity index (χ1) is 12.2. The van der Waals surface area contributed by atoms with Gasteiger partial charge in [0.05, 0.1) is 7.11 Å². The predicted octanol–water partition coefficient (Wildman–Crippen LogP) is 3.14. The molecule has 0 saturated heterocycles. The largest absolute Gasteiger partial charge is 0.497 e. The van der Waals surface area contributed by atoms with Crippen LogP contribution in [0.15, 0.2) is 48.8 Å². The number of nitrogens with one attached hydrogen (secondary N) is 1. The van der Waals surface area contributed by atoms with E-state index in [1.54, 1.807) is 13.3 Å². The van der Waals surface area contributed by atoms with Crippen LogP contribution in [-0.2, 0) is 6.42 Å². The van der Waals surface area contributed by atoms with E-state index in [1.165, 1.54) is 0 Å². The van der Waals surface area contributed by atoms with Gasteiger partial charge in [-0.3, -0.25) is 9.36 Å². The fourth-order valence-corrected chi connectivity index (χ4v) is 3.27. The number of hydrogen-bond acceptors (Lipinski definition) is 3. The van der Waals surface area contributed by atoms with Gasteiger partial charge >= 0.3 is 0 Å². The lowest BCUT2D eigenvalue weighted by atomic mass is 9.99. The van der Waals surface area contributed by atoms with E-state index in [1.807, 2.05) is 54.1 Å². The molecule has 2 heterocycles. The second-order valence-corrected chi connectivity index (χ2v) is 6.15. The predicted molar refractivity (Wildman–Crippen MR) is 96.3 cm³/mol. The minimum Gasteiger partial charge on any atom is -0.497 e. The summed E-state index contributed by atoms with van der Waals surface area (Å²) in [6.07, 6.45) is 4.57. The molecule has 5 nitrogen and oxygen atoms in total. The van der Waals surface area contributed by atoms with Crippen molar-refractivity contribution in [1.82, 2.24) is 14.9 Å².